The zero-order chi connectivity index (χ0) is 20.1. The van der Waals surface area contributed by atoms with Gasteiger partial charge in [-0.05, 0) is 48.8 Å². The molecule has 1 aliphatic carbocycles. The molecule has 0 saturated carbocycles. The molecule has 2 heterocycles. The van der Waals surface area contributed by atoms with Crippen molar-refractivity contribution in [2.45, 2.75) is 57.9 Å². The van der Waals surface area contributed by atoms with Crippen molar-refractivity contribution in [2.75, 3.05) is 16.8 Å². The van der Waals surface area contributed by atoms with E-state index in [1.54, 1.807) is 4.68 Å². The zero-order valence-corrected chi connectivity index (χ0v) is 17.5. The minimum atomic E-state index is -3.05. The molecule has 1 saturated heterocycles. The lowest BCUT2D eigenvalue weighted by Gasteiger charge is -2.19. The molecule has 7 heteroatoms. The van der Waals surface area contributed by atoms with Crippen molar-refractivity contribution in [2.24, 2.45) is 0 Å². The maximum absolute atomic E-state index is 13.1. The summed E-state index contributed by atoms with van der Waals surface area (Å²) in [5.41, 5.74) is 4.44. The fraction of sp³-hybridized carbons (Fsp3) is 0.524. The fourth-order valence-electron chi connectivity index (χ4n) is 4.13. The number of nitrogens with zero attached hydrogens (tertiary/aromatic N) is 2. The van der Waals surface area contributed by atoms with Crippen molar-refractivity contribution in [3.63, 3.8) is 0 Å². The maximum atomic E-state index is 13.1. The maximum Gasteiger partial charge on any atom is 0.274 e. The van der Waals surface area contributed by atoms with E-state index in [0.717, 1.165) is 36.2 Å². The van der Waals surface area contributed by atoms with Crippen LogP contribution in [0.2, 0.25) is 0 Å². The predicted octanol–water partition coefficient (Wildman–Crippen LogP) is 3.28. The Bertz CT molecular complexity index is 1010. The highest BCUT2D eigenvalue weighted by molar-refractivity contribution is 7.91. The van der Waals surface area contributed by atoms with Gasteiger partial charge in [0, 0.05) is 11.3 Å². The summed E-state index contributed by atoms with van der Waals surface area (Å²) in [6, 6.07) is 7.64. The second-order valence-corrected chi connectivity index (χ2v) is 11.1. The van der Waals surface area contributed by atoms with Gasteiger partial charge in [-0.2, -0.15) is 5.10 Å². The molecule has 1 atom stereocenters. The van der Waals surface area contributed by atoms with Crippen LogP contribution in [0.1, 0.15) is 67.0 Å². The highest BCUT2D eigenvalue weighted by Gasteiger charge is 2.35. The van der Waals surface area contributed by atoms with Gasteiger partial charge >= 0.3 is 0 Å². The van der Waals surface area contributed by atoms with E-state index in [4.69, 9.17) is 0 Å². The number of aryl methyl sites for hydroxylation is 1. The standard InChI is InChI=1S/C21H27N3O3S/c1-21(2,3)14-7-9-15(10-8-14)22-20(25)19-17-5-4-6-18(17)23-24(19)16-11-12-28(26,27)13-16/h7-10,16H,4-6,11-13H2,1-3H3,(H,22,25). The normalized spacial score (nSPS) is 20.9. The van der Waals surface area contributed by atoms with E-state index < -0.39 is 9.84 Å². The summed E-state index contributed by atoms with van der Waals surface area (Å²) in [5, 5.41) is 7.63. The average Bonchev–Trinajstić information content (AvgIpc) is 3.27. The van der Waals surface area contributed by atoms with Gasteiger partial charge in [-0.3, -0.25) is 9.48 Å². The molecule has 1 aliphatic heterocycles. The monoisotopic (exact) mass is 401 g/mol. The third kappa shape index (κ3) is 3.60. The Balaban J connectivity index is 1.62. The molecular formula is C21H27N3O3S. The molecule has 4 rings (SSSR count). The first kappa shape index (κ1) is 19.2. The Labute approximate surface area is 166 Å². The van der Waals surface area contributed by atoms with Gasteiger partial charge in [-0.15, -0.1) is 0 Å². The summed E-state index contributed by atoms with van der Waals surface area (Å²) >= 11 is 0. The van der Waals surface area contributed by atoms with Crippen LogP contribution in [-0.2, 0) is 28.1 Å². The second kappa shape index (κ2) is 6.72. The minimum Gasteiger partial charge on any atom is -0.321 e. The Morgan fingerprint density at radius 1 is 1.18 bits per heavy atom. The van der Waals surface area contributed by atoms with Crippen LogP contribution in [0.25, 0.3) is 0 Å². The predicted molar refractivity (Wildman–Crippen MR) is 110 cm³/mol. The van der Waals surface area contributed by atoms with Crippen molar-refractivity contribution in [3.05, 3.63) is 46.8 Å². The van der Waals surface area contributed by atoms with E-state index in [1.807, 2.05) is 24.3 Å². The SMILES string of the molecule is CC(C)(C)c1ccc(NC(=O)c2c3c(nn2C2CCS(=O)(=O)C2)CCC3)cc1. The lowest BCUT2D eigenvalue weighted by atomic mass is 9.87. The van der Waals surface area contributed by atoms with E-state index in [1.165, 1.54) is 5.56 Å². The van der Waals surface area contributed by atoms with Gasteiger partial charge in [0.05, 0.1) is 23.2 Å². The van der Waals surface area contributed by atoms with Gasteiger partial charge in [0.2, 0.25) is 0 Å². The minimum absolute atomic E-state index is 0.0515. The number of anilines is 1. The molecule has 1 aromatic carbocycles. The number of rotatable bonds is 3. The Morgan fingerprint density at radius 2 is 1.89 bits per heavy atom. The summed E-state index contributed by atoms with van der Waals surface area (Å²) in [6.07, 6.45) is 3.17. The van der Waals surface area contributed by atoms with Gasteiger partial charge in [-0.25, -0.2) is 8.42 Å². The topological polar surface area (TPSA) is 81.1 Å². The molecule has 150 valence electrons. The molecule has 1 N–H and O–H groups in total. The van der Waals surface area contributed by atoms with Crippen molar-refractivity contribution >= 4 is 21.4 Å². The van der Waals surface area contributed by atoms with Gasteiger partial charge < -0.3 is 5.32 Å². The summed E-state index contributed by atoms with van der Waals surface area (Å²) in [7, 11) is -3.05. The van der Waals surface area contributed by atoms with Crippen molar-refractivity contribution < 1.29 is 13.2 Å². The lowest BCUT2D eigenvalue weighted by molar-refractivity contribution is 0.101. The van der Waals surface area contributed by atoms with Crippen LogP contribution in [0.4, 0.5) is 5.69 Å². The molecule has 0 bridgehead atoms. The summed E-state index contributed by atoms with van der Waals surface area (Å²) in [6.45, 7) is 6.45. The van der Waals surface area contributed by atoms with Crippen molar-refractivity contribution in [1.82, 2.24) is 9.78 Å². The second-order valence-electron chi connectivity index (χ2n) is 8.91. The molecule has 1 fully saturated rings. The average molecular weight is 402 g/mol. The molecule has 1 unspecified atom stereocenters. The molecule has 6 nitrogen and oxygen atoms in total. The van der Waals surface area contributed by atoms with Crippen LogP contribution >= 0.6 is 0 Å². The van der Waals surface area contributed by atoms with Gasteiger partial charge in [0.25, 0.3) is 5.91 Å². The summed E-state index contributed by atoms with van der Waals surface area (Å²) in [4.78, 5) is 13.1. The number of nitrogens with one attached hydrogen (secondary N) is 1. The van der Waals surface area contributed by atoms with E-state index in [2.05, 4.69) is 31.2 Å². The van der Waals surface area contributed by atoms with Crippen LogP contribution in [0.3, 0.4) is 0 Å². The molecule has 2 aliphatic rings. The van der Waals surface area contributed by atoms with E-state index in [0.29, 0.717) is 12.1 Å². The third-order valence-electron chi connectivity index (χ3n) is 5.71. The largest absolute Gasteiger partial charge is 0.321 e. The number of sulfone groups is 1. The van der Waals surface area contributed by atoms with Gasteiger partial charge in [0.1, 0.15) is 5.69 Å². The first-order chi connectivity index (χ1) is 13.1. The molecule has 0 spiro atoms. The Morgan fingerprint density at radius 3 is 2.50 bits per heavy atom. The highest BCUT2D eigenvalue weighted by Crippen LogP contribution is 2.32. The Hall–Kier alpha value is -2.15. The third-order valence-corrected chi connectivity index (χ3v) is 7.46. The number of carbonyl (C=O) groups is 1. The van der Waals surface area contributed by atoms with E-state index in [9.17, 15) is 13.2 Å². The number of fused-ring (bicyclic) bond motifs is 1. The van der Waals surface area contributed by atoms with E-state index >= 15 is 0 Å². The number of amides is 1. The first-order valence-electron chi connectivity index (χ1n) is 9.87. The van der Waals surface area contributed by atoms with Crippen LogP contribution in [0, 0.1) is 0 Å². The molecule has 1 amide bonds. The number of hydrogen-bond acceptors (Lipinski definition) is 4. The molecule has 0 radical (unpaired) electrons. The van der Waals surface area contributed by atoms with Crippen LogP contribution in [-0.4, -0.2) is 35.6 Å². The summed E-state index contributed by atoms with van der Waals surface area (Å²) in [5.74, 6) is 0.0227. The first-order valence-corrected chi connectivity index (χ1v) is 11.7. The van der Waals surface area contributed by atoms with E-state index in [-0.39, 0.29) is 28.9 Å². The van der Waals surface area contributed by atoms with Crippen LogP contribution in [0.5, 0.6) is 0 Å². The molecule has 2 aromatic rings. The zero-order valence-electron chi connectivity index (χ0n) is 16.7. The number of carbonyl (C=O) groups excluding carboxylic acids is 1. The number of aromatic nitrogens is 2. The van der Waals surface area contributed by atoms with Crippen molar-refractivity contribution in [1.29, 1.82) is 0 Å². The number of benzene rings is 1. The lowest BCUT2D eigenvalue weighted by Crippen LogP contribution is -2.23. The van der Waals surface area contributed by atoms with Crippen LogP contribution in [0.15, 0.2) is 24.3 Å². The quantitative estimate of drug-likeness (QED) is 0.856. The van der Waals surface area contributed by atoms with Gasteiger partial charge in [0.15, 0.2) is 9.84 Å². The smallest absolute Gasteiger partial charge is 0.274 e. The fourth-order valence-corrected chi connectivity index (χ4v) is 5.82. The van der Waals surface area contributed by atoms with Gasteiger partial charge in [-0.1, -0.05) is 32.9 Å². The van der Waals surface area contributed by atoms with Crippen molar-refractivity contribution in [3.8, 4) is 0 Å². The highest BCUT2D eigenvalue weighted by atomic mass is 32.2. The van der Waals surface area contributed by atoms with Crippen LogP contribution < -0.4 is 5.32 Å². The molecular weight excluding hydrogens is 374 g/mol. The number of hydrogen-bond donors (Lipinski definition) is 1. The summed E-state index contributed by atoms with van der Waals surface area (Å²) < 4.78 is 25.6. The molecule has 28 heavy (non-hydrogen) atoms. The molecule has 1 aromatic heterocycles. The Kier molecular flexibility index (Phi) is 4.61.